The Hall–Kier alpha value is -2.53. The number of pyridine rings is 1. The highest BCUT2D eigenvalue weighted by atomic mass is 35.5. The Bertz CT molecular complexity index is 886. The second-order valence-electron chi connectivity index (χ2n) is 5.07. The van der Waals surface area contributed by atoms with Crippen molar-refractivity contribution >= 4 is 28.8 Å². The van der Waals surface area contributed by atoms with E-state index in [4.69, 9.17) is 11.6 Å². The van der Waals surface area contributed by atoms with E-state index in [-0.39, 0.29) is 11.7 Å². The molecule has 5 nitrogen and oxygen atoms in total. The maximum atomic E-state index is 12.6. The minimum absolute atomic E-state index is 0.163. The van der Waals surface area contributed by atoms with Crippen molar-refractivity contribution in [3.63, 3.8) is 0 Å². The summed E-state index contributed by atoms with van der Waals surface area (Å²) in [6.45, 7) is 3.59. The van der Waals surface area contributed by atoms with E-state index >= 15 is 0 Å². The standard InChI is InChI=1S/C16H14ClN3O2/c1-9-7-12(21)3-4-13(9)19-16(22)15-10(2)18-14-8-11(17)5-6-20(14)15/h3-8,21H,1-2H3,(H,19,22). The molecular weight excluding hydrogens is 302 g/mol. The molecule has 1 aromatic carbocycles. The van der Waals surface area contributed by atoms with Crippen LogP contribution in [0.2, 0.25) is 5.02 Å². The number of phenolic OH excluding ortho intramolecular Hbond substituents is 1. The summed E-state index contributed by atoms with van der Waals surface area (Å²) in [6, 6.07) is 8.20. The summed E-state index contributed by atoms with van der Waals surface area (Å²) in [5.74, 6) is -0.0998. The number of rotatable bonds is 2. The van der Waals surface area contributed by atoms with Crippen LogP contribution >= 0.6 is 11.6 Å². The van der Waals surface area contributed by atoms with Gasteiger partial charge in [-0.3, -0.25) is 9.20 Å². The molecule has 0 bridgehead atoms. The molecule has 2 heterocycles. The van der Waals surface area contributed by atoms with E-state index in [0.29, 0.717) is 27.7 Å². The second-order valence-corrected chi connectivity index (χ2v) is 5.51. The number of amides is 1. The topological polar surface area (TPSA) is 66.6 Å². The number of nitrogens with one attached hydrogen (secondary N) is 1. The van der Waals surface area contributed by atoms with Crippen LogP contribution in [0.25, 0.3) is 5.65 Å². The van der Waals surface area contributed by atoms with E-state index in [2.05, 4.69) is 10.3 Å². The van der Waals surface area contributed by atoms with Gasteiger partial charge >= 0.3 is 0 Å². The molecule has 0 saturated carbocycles. The van der Waals surface area contributed by atoms with Crippen LogP contribution in [0.15, 0.2) is 36.5 Å². The Morgan fingerprint density at radius 3 is 2.77 bits per heavy atom. The number of carbonyl (C=O) groups is 1. The van der Waals surface area contributed by atoms with Crippen molar-refractivity contribution in [3.8, 4) is 5.75 Å². The number of anilines is 1. The van der Waals surface area contributed by atoms with Gasteiger partial charge < -0.3 is 10.4 Å². The Labute approximate surface area is 132 Å². The minimum Gasteiger partial charge on any atom is -0.508 e. The minimum atomic E-state index is -0.263. The van der Waals surface area contributed by atoms with E-state index in [1.54, 1.807) is 41.8 Å². The van der Waals surface area contributed by atoms with E-state index in [9.17, 15) is 9.90 Å². The fourth-order valence-corrected chi connectivity index (χ4v) is 2.53. The van der Waals surface area contributed by atoms with Gasteiger partial charge in [-0.15, -0.1) is 0 Å². The lowest BCUT2D eigenvalue weighted by atomic mass is 10.2. The van der Waals surface area contributed by atoms with Gasteiger partial charge in [0.1, 0.15) is 17.1 Å². The van der Waals surface area contributed by atoms with E-state index < -0.39 is 0 Å². The molecule has 6 heteroatoms. The molecule has 3 rings (SSSR count). The molecule has 0 fully saturated rings. The van der Waals surface area contributed by atoms with Crippen molar-refractivity contribution in [3.05, 3.63) is 58.5 Å². The second kappa shape index (κ2) is 5.35. The van der Waals surface area contributed by atoms with Gasteiger partial charge in [-0.1, -0.05) is 11.6 Å². The fraction of sp³-hybridized carbons (Fsp3) is 0.125. The molecule has 1 amide bonds. The third-order valence-corrected chi connectivity index (χ3v) is 3.67. The molecule has 112 valence electrons. The molecule has 0 aliphatic carbocycles. The summed E-state index contributed by atoms with van der Waals surface area (Å²) < 4.78 is 1.70. The average Bonchev–Trinajstić information content (AvgIpc) is 2.76. The number of carbonyl (C=O) groups excluding carboxylic acids is 1. The van der Waals surface area contributed by atoms with E-state index in [1.165, 1.54) is 6.07 Å². The molecule has 0 saturated heterocycles. The fourth-order valence-electron chi connectivity index (χ4n) is 2.38. The molecular formula is C16H14ClN3O2. The number of phenols is 1. The quantitative estimate of drug-likeness (QED) is 0.711. The normalized spacial score (nSPS) is 10.9. The maximum absolute atomic E-state index is 12.6. The van der Waals surface area contributed by atoms with Crippen molar-refractivity contribution in [1.29, 1.82) is 0 Å². The molecule has 0 atom stereocenters. The Balaban J connectivity index is 2.00. The summed E-state index contributed by atoms with van der Waals surface area (Å²) >= 11 is 5.95. The first kappa shape index (κ1) is 14.4. The lowest BCUT2D eigenvalue weighted by Gasteiger charge is -2.09. The molecule has 0 aliphatic heterocycles. The highest BCUT2D eigenvalue weighted by molar-refractivity contribution is 6.30. The van der Waals surface area contributed by atoms with Gasteiger partial charge in [-0.25, -0.2) is 4.98 Å². The number of aromatic nitrogens is 2. The first-order valence-electron chi connectivity index (χ1n) is 6.71. The smallest absolute Gasteiger partial charge is 0.274 e. The van der Waals surface area contributed by atoms with E-state index in [1.807, 2.05) is 6.92 Å². The predicted molar refractivity (Wildman–Crippen MR) is 85.7 cm³/mol. The molecule has 0 aliphatic rings. The van der Waals surface area contributed by atoms with Gasteiger partial charge in [-0.05, 0) is 43.7 Å². The van der Waals surface area contributed by atoms with Crippen LogP contribution in [0.5, 0.6) is 5.75 Å². The van der Waals surface area contributed by atoms with Crippen LogP contribution in [-0.2, 0) is 0 Å². The summed E-state index contributed by atoms with van der Waals surface area (Å²) in [5, 5.41) is 12.8. The van der Waals surface area contributed by atoms with Gasteiger partial charge in [0.15, 0.2) is 0 Å². The Kier molecular flexibility index (Phi) is 3.50. The van der Waals surface area contributed by atoms with Crippen molar-refractivity contribution in [2.24, 2.45) is 0 Å². The summed E-state index contributed by atoms with van der Waals surface area (Å²) in [5.41, 5.74) is 3.13. The molecule has 22 heavy (non-hydrogen) atoms. The van der Waals surface area contributed by atoms with Crippen LogP contribution in [-0.4, -0.2) is 20.4 Å². The SMILES string of the molecule is Cc1cc(O)ccc1NC(=O)c1c(C)nc2cc(Cl)ccn12. The summed E-state index contributed by atoms with van der Waals surface area (Å²) in [6.07, 6.45) is 1.72. The van der Waals surface area contributed by atoms with Crippen LogP contribution in [0.3, 0.4) is 0 Å². The predicted octanol–water partition coefficient (Wildman–Crippen LogP) is 3.56. The number of aromatic hydroxyl groups is 1. The van der Waals surface area contributed by atoms with Crippen LogP contribution in [0, 0.1) is 13.8 Å². The lowest BCUT2D eigenvalue weighted by Crippen LogP contribution is -2.16. The maximum Gasteiger partial charge on any atom is 0.274 e. The van der Waals surface area contributed by atoms with Crippen molar-refractivity contribution in [1.82, 2.24) is 9.38 Å². The Morgan fingerprint density at radius 2 is 2.05 bits per heavy atom. The average molecular weight is 316 g/mol. The largest absolute Gasteiger partial charge is 0.508 e. The molecule has 3 aromatic rings. The Morgan fingerprint density at radius 1 is 1.27 bits per heavy atom. The first-order valence-corrected chi connectivity index (χ1v) is 7.08. The van der Waals surface area contributed by atoms with Crippen molar-refractivity contribution < 1.29 is 9.90 Å². The number of aryl methyl sites for hydroxylation is 2. The number of fused-ring (bicyclic) bond motifs is 1. The number of benzene rings is 1. The number of halogens is 1. The van der Waals surface area contributed by atoms with Gasteiger partial charge in [0.2, 0.25) is 0 Å². The van der Waals surface area contributed by atoms with Gasteiger partial charge in [0.05, 0.1) is 5.69 Å². The van der Waals surface area contributed by atoms with Gasteiger partial charge in [-0.2, -0.15) is 0 Å². The first-order chi connectivity index (χ1) is 10.5. The zero-order valence-electron chi connectivity index (χ0n) is 12.1. The molecule has 0 unspecified atom stereocenters. The zero-order valence-corrected chi connectivity index (χ0v) is 12.8. The molecule has 2 aromatic heterocycles. The lowest BCUT2D eigenvalue weighted by molar-refractivity contribution is 0.102. The van der Waals surface area contributed by atoms with Crippen LogP contribution < -0.4 is 5.32 Å². The number of hydrogen-bond donors (Lipinski definition) is 2. The monoisotopic (exact) mass is 315 g/mol. The van der Waals surface area contributed by atoms with Crippen LogP contribution in [0.1, 0.15) is 21.7 Å². The number of nitrogens with zero attached hydrogens (tertiary/aromatic N) is 2. The molecule has 0 spiro atoms. The summed E-state index contributed by atoms with van der Waals surface area (Å²) in [7, 11) is 0. The third kappa shape index (κ3) is 2.51. The number of imidazole rings is 1. The highest BCUT2D eigenvalue weighted by Crippen LogP contribution is 2.22. The van der Waals surface area contributed by atoms with Crippen LogP contribution in [0.4, 0.5) is 5.69 Å². The molecule has 2 N–H and O–H groups in total. The third-order valence-electron chi connectivity index (χ3n) is 3.44. The van der Waals surface area contributed by atoms with Crippen molar-refractivity contribution in [2.75, 3.05) is 5.32 Å². The van der Waals surface area contributed by atoms with Gasteiger partial charge in [0.25, 0.3) is 5.91 Å². The zero-order chi connectivity index (χ0) is 15.9. The van der Waals surface area contributed by atoms with E-state index in [0.717, 1.165) is 5.56 Å². The molecule has 0 radical (unpaired) electrons. The van der Waals surface area contributed by atoms with Crippen molar-refractivity contribution in [2.45, 2.75) is 13.8 Å². The van der Waals surface area contributed by atoms with Gasteiger partial charge in [0, 0.05) is 23.0 Å². The highest BCUT2D eigenvalue weighted by Gasteiger charge is 2.17. The number of hydrogen-bond acceptors (Lipinski definition) is 3. The summed E-state index contributed by atoms with van der Waals surface area (Å²) in [4.78, 5) is 16.9.